The van der Waals surface area contributed by atoms with Gasteiger partial charge in [-0.15, -0.1) is 10.2 Å². The standard InChI is InChI=1S/C20H18F3N5O2/c21-20(22,23)15-4-2-1-3-14(15)12-5-8-27(9-6-12)19(30)18-26-25-16-11-13(17(24)29)7-10-28(16)18/h1-4,7,10-12H,5-6,8-9H2,(H2,24,29). The van der Waals surface area contributed by atoms with Gasteiger partial charge in [0.15, 0.2) is 5.65 Å². The number of benzene rings is 1. The smallest absolute Gasteiger partial charge is 0.366 e. The molecule has 1 aliphatic heterocycles. The first-order chi connectivity index (χ1) is 14.3. The van der Waals surface area contributed by atoms with Crippen molar-refractivity contribution in [1.82, 2.24) is 19.5 Å². The van der Waals surface area contributed by atoms with Gasteiger partial charge in [0.05, 0.1) is 5.56 Å². The fraction of sp³-hybridized carbons (Fsp3) is 0.300. The number of amides is 2. The summed E-state index contributed by atoms with van der Waals surface area (Å²) in [6, 6.07) is 8.49. The number of alkyl halides is 3. The maximum atomic E-state index is 13.3. The van der Waals surface area contributed by atoms with Gasteiger partial charge in [-0.3, -0.25) is 14.0 Å². The van der Waals surface area contributed by atoms with Crippen molar-refractivity contribution in [2.45, 2.75) is 24.9 Å². The summed E-state index contributed by atoms with van der Waals surface area (Å²) < 4.78 is 41.4. The number of carbonyl (C=O) groups excluding carboxylic acids is 2. The van der Waals surface area contributed by atoms with Crippen molar-refractivity contribution in [3.05, 3.63) is 65.1 Å². The van der Waals surface area contributed by atoms with Gasteiger partial charge in [0, 0.05) is 24.8 Å². The molecule has 3 heterocycles. The summed E-state index contributed by atoms with van der Waals surface area (Å²) in [6.07, 6.45) is -2.08. The third-order valence-electron chi connectivity index (χ3n) is 5.37. The van der Waals surface area contributed by atoms with Crippen molar-refractivity contribution in [3.63, 3.8) is 0 Å². The summed E-state index contributed by atoms with van der Waals surface area (Å²) in [6.45, 7) is 0.619. The Labute approximate surface area is 169 Å². The van der Waals surface area contributed by atoms with Crippen LogP contribution in [0.25, 0.3) is 5.65 Å². The average Bonchev–Trinajstić information content (AvgIpc) is 3.16. The summed E-state index contributed by atoms with van der Waals surface area (Å²) in [5.41, 5.74) is 5.45. The summed E-state index contributed by atoms with van der Waals surface area (Å²) >= 11 is 0. The van der Waals surface area contributed by atoms with E-state index in [-0.39, 0.29) is 28.8 Å². The Morgan fingerprint density at radius 1 is 1.07 bits per heavy atom. The number of nitrogens with two attached hydrogens (primary N) is 1. The number of halogens is 3. The van der Waals surface area contributed by atoms with E-state index in [4.69, 9.17) is 5.73 Å². The van der Waals surface area contributed by atoms with Crippen LogP contribution in [0.4, 0.5) is 13.2 Å². The number of aromatic nitrogens is 3. The highest BCUT2D eigenvalue weighted by Crippen LogP contribution is 2.38. The molecule has 156 valence electrons. The Morgan fingerprint density at radius 2 is 1.77 bits per heavy atom. The van der Waals surface area contributed by atoms with Crippen molar-refractivity contribution in [2.24, 2.45) is 5.73 Å². The molecule has 4 rings (SSSR count). The number of piperidine rings is 1. The summed E-state index contributed by atoms with van der Waals surface area (Å²) in [4.78, 5) is 25.7. The van der Waals surface area contributed by atoms with Gasteiger partial charge >= 0.3 is 6.18 Å². The van der Waals surface area contributed by atoms with Crippen LogP contribution in [0.5, 0.6) is 0 Å². The molecule has 0 bridgehead atoms. The second-order valence-corrected chi connectivity index (χ2v) is 7.18. The SMILES string of the molecule is NC(=O)c1ccn2c(C(=O)N3CCC(c4ccccc4C(F)(F)F)CC3)nnc2c1. The summed E-state index contributed by atoms with van der Waals surface area (Å²) in [5.74, 6) is -1.18. The number of rotatable bonds is 3. The quantitative estimate of drug-likeness (QED) is 0.709. The third-order valence-corrected chi connectivity index (χ3v) is 5.37. The normalized spacial score (nSPS) is 15.5. The van der Waals surface area contributed by atoms with Crippen molar-refractivity contribution in [3.8, 4) is 0 Å². The van der Waals surface area contributed by atoms with E-state index in [2.05, 4.69) is 10.2 Å². The first kappa shape index (κ1) is 19.9. The predicted molar refractivity (Wildman–Crippen MR) is 101 cm³/mol. The molecule has 0 aliphatic carbocycles. The van der Waals surface area contributed by atoms with Crippen LogP contribution in [0.2, 0.25) is 0 Å². The van der Waals surface area contributed by atoms with Gasteiger partial charge in [0.1, 0.15) is 0 Å². The van der Waals surface area contributed by atoms with Crippen LogP contribution < -0.4 is 5.73 Å². The molecule has 1 aromatic carbocycles. The van der Waals surface area contributed by atoms with Crippen molar-refractivity contribution in [2.75, 3.05) is 13.1 Å². The highest BCUT2D eigenvalue weighted by Gasteiger charge is 2.36. The van der Waals surface area contributed by atoms with Gasteiger partial charge in [-0.2, -0.15) is 13.2 Å². The zero-order chi connectivity index (χ0) is 21.5. The van der Waals surface area contributed by atoms with Crippen LogP contribution >= 0.6 is 0 Å². The molecule has 0 radical (unpaired) electrons. The minimum atomic E-state index is -4.41. The van der Waals surface area contributed by atoms with Crippen LogP contribution in [-0.4, -0.2) is 44.4 Å². The van der Waals surface area contributed by atoms with E-state index < -0.39 is 17.6 Å². The number of likely N-dealkylation sites (tertiary alicyclic amines) is 1. The van der Waals surface area contributed by atoms with Crippen LogP contribution in [0, 0.1) is 0 Å². The number of primary amides is 1. The topological polar surface area (TPSA) is 93.6 Å². The molecule has 1 saturated heterocycles. The fourth-order valence-electron chi connectivity index (χ4n) is 3.84. The first-order valence-corrected chi connectivity index (χ1v) is 9.35. The van der Waals surface area contributed by atoms with E-state index in [1.165, 1.54) is 34.9 Å². The second kappa shape index (κ2) is 7.43. The highest BCUT2D eigenvalue weighted by molar-refractivity contribution is 5.94. The summed E-state index contributed by atoms with van der Waals surface area (Å²) in [5, 5.41) is 7.83. The zero-order valence-electron chi connectivity index (χ0n) is 15.8. The largest absolute Gasteiger partial charge is 0.416 e. The Kier molecular flexibility index (Phi) is 4.92. The van der Waals surface area contributed by atoms with E-state index in [0.29, 0.717) is 31.6 Å². The predicted octanol–water partition coefficient (Wildman–Crippen LogP) is 2.87. The molecule has 1 fully saturated rings. The van der Waals surface area contributed by atoms with Crippen LogP contribution in [0.15, 0.2) is 42.6 Å². The van der Waals surface area contributed by atoms with Gasteiger partial charge in [0.25, 0.3) is 5.91 Å². The lowest BCUT2D eigenvalue weighted by Crippen LogP contribution is -2.39. The molecule has 2 N–H and O–H groups in total. The Balaban J connectivity index is 1.51. The van der Waals surface area contributed by atoms with E-state index >= 15 is 0 Å². The molecule has 2 aromatic heterocycles. The van der Waals surface area contributed by atoms with E-state index in [1.807, 2.05) is 0 Å². The maximum absolute atomic E-state index is 13.3. The number of fused-ring (bicyclic) bond motifs is 1. The average molecular weight is 417 g/mol. The number of hydrogen-bond acceptors (Lipinski definition) is 4. The fourth-order valence-corrected chi connectivity index (χ4v) is 3.84. The van der Waals surface area contributed by atoms with Gasteiger partial charge in [-0.05, 0) is 42.5 Å². The molecule has 0 saturated carbocycles. The van der Waals surface area contributed by atoms with Gasteiger partial charge in [-0.1, -0.05) is 18.2 Å². The third kappa shape index (κ3) is 3.60. The van der Waals surface area contributed by atoms with Crippen LogP contribution in [0.1, 0.15) is 50.9 Å². The molecular formula is C20H18F3N5O2. The van der Waals surface area contributed by atoms with Crippen LogP contribution in [0.3, 0.4) is 0 Å². The second-order valence-electron chi connectivity index (χ2n) is 7.18. The molecule has 0 unspecified atom stereocenters. The monoisotopic (exact) mass is 417 g/mol. The highest BCUT2D eigenvalue weighted by atomic mass is 19.4. The number of nitrogens with zero attached hydrogens (tertiary/aromatic N) is 4. The lowest BCUT2D eigenvalue weighted by molar-refractivity contribution is -0.138. The maximum Gasteiger partial charge on any atom is 0.416 e. The van der Waals surface area contributed by atoms with E-state index in [9.17, 15) is 22.8 Å². The van der Waals surface area contributed by atoms with E-state index in [0.717, 1.165) is 6.07 Å². The lowest BCUT2D eigenvalue weighted by Gasteiger charge is -2.32. The molecule has 7 nitrogen and oxygen atoms in total. The Hall–Kier alpha value is -3.43. The lowest BCUT2D eigenvalue weighted by atomic mass is 9.86. The molecule has 1 aliphatic rings. The molecule has 30 heavy (non-hydrogen) atoms. The molecule has 0 spiro atoms. The molecular weight excluding hydrogens is 399 g/mol. The first-order valence-electron chi connectivity index (χ1n) is 9.35. The minimum Gasteiger partial charge on any atom is -0.366 e. The number of hydrogen-bond donors (Lipinski definition) is 1. The molecule has 0 atom stereocenters. The van der Waals surface area contributed by atoms with Gasteiger partial charge in [0.2, 0.25) is 11.7 Å². The van der Waals surface area contributed by atoms with Gasteiger partial charge in [-0.25, -0.2) is 0 Å². The zero-order valence-corrected chi connectivity index (χ0v) is 15.8. The molecule has 10 heteroatoms. The number of carbonyl (C=O) groups is 2. The van der Waals surface area contributed by atoms with Crippen molar-refractivity contribution in [1.29, 1.82) is 0 Å². The van der Waals surface area contributed by atoms with E-state index in [1.54, 1.807) is 11.0 Å². The molecule has 3 aromatic rings. The van der Waals surface area contributed by atoms with Crippen LogP contribution in [-0.2, 0) is 6.18 Å². The summed E-state index contributed by atoms with van der Waals surface area (Å²) in [7, 11) is 0. The number of pyridine rings is 1. The Bertz CT molecular complexity index is 1120. The minimum absolute atomic E-state index is 0.0789. The molecule has 2 amide bonds. The van der Waals surface area contributed by atoms with Crippen molar-refractivity contribution < 1.29 is 22.8 Å². The van der Waals surface area contributed by atoms with Crippen molar-refractivity contribution >= 4 is 17.5 Å². The van der Waals surface area contributed by atoms with Gasteiger partial charge < -0.3 is 10.6 Å². The Morgan fingerprint density at radius 3 is 2.43 bits per heavy atom.